The van der Waals surface area contributed by atoms with Crippen LogP contribution in [0.25, 0.3) is 11.6 Å². The zero-order valence-electron chi connectivity index (χ0n) is 8.76. The van der Waals surface area contributed by atoms with Crippen molar-refractivity contribution in [1.82, 2.24) is 14.6 Å². The van der Waals surface area contributed by atoms with E-state index in [0.29, 0.717) is 11.3 Å². The second-order valence-corrected chi connectivity index (χ2v) is 4.97. The quantitative estimate of drug-likeness (QED) is 0.766. The van der Waals surface area contributed by atoms with E-state index in [-0.39, 0.29) is 0 Å². The highest BCUT2D eigenvalue weighted by Crippen LogP contribution is 2.24. The van der Waals surface area contributed by atoms with Gasteiger partial charge in [0, 0.05) is 10.3 Å². The number of hydrogen-bond acceptors (Lipinski definition) is 6. The third-order valence-electron chi connectivity index (χ3n) is 2.05. The maximum absolute atomic E-state index is 9.08. The number of aromatic nitrogens is 3. The Hall–Kier alpha value is -1.58. The molecule has 80 valence electrons. The molecule has 2 rings (SSSR count). The lowest BCUT2D eigenvalue weighted by atomic mass is 10.2. The van der Waals surface area contributed by atoms with E-state index in [2.05, 4.69) is 20.6 Å². The van der Waals surface area contributed by atoms with Gasteiger partial charge in [0.2, 0.25) is 0 Å². The monoisotopic (exact) mass is 248 g/mol. The molecule has 0 atom stereocenters. The van der Waals surface area contributed by atoms with Gasteiger partial charge in [-0.3, -0.25) is 0 Å². The summed E-state index contributed by atoms with van der Waals surface area (Å²) < 4.78 is 3.75. The minimum atomic E-state index is 0.536. The molecule has 0 fully saturated rings. The van der Waals surface area contributed by atoms with Gasteiger partial charge in [-0.2, -0.15) is 5.26 Å². The highest BCUT2D eigenvalue weighted by molar-refractivity contribution is 7.13. The van der Waals surface area contributed by atoms with Crippen LogP contribution in [-0.2, 0) is 0 Å². The number of aryl methyl sites for hydroxylation is 2. The van der Waals surface area contributed by atoms with Gasteiger partial charge in [0.05, 0.1) is 17.0 Å². The summed E-state index contributed by atoms with van der Waals surface area (Å²) >= 11 is 2.79. The van der Waals surface area contributed by atoms with Crippen molar-refractivity contribution >= 4 is 34.5 Å². The van der Waals surface area contributed by atoms with Gasteiger partial charge in [0.15, 0.2) is 0 Å². The molecule has 4 nitrogen and oxygen atoms in total. The van der Waals surface area contributed by atoms with E-state index >= 15 is 0 Å². The van der Waals surface area contributed by atoms with Crippen LogP contribution in [0.5, 0.6) is 0 Å². The van der Waals surface area contributed by atoms with Crippen molar-refractivity contribution in [3.63, 3.8) is 0 Å². The predicted octanol–water partition coefficient (Wildman–Crippen LogP) is 2.68. The van der Waals surface area contributed by atoms with Gasteiger partial charge >= 0.3 is 0 Å². The van der Waals surface area contributed by atoms with Crippen LogP contribution < -0.4 is 0 Å². The Balaban J connectivity index is 2.41. The molecular weight excluding hydrogens is 240 g/mol. The van der Waals surface area contributed by atoms with Gasteiger partial charge in [0.25, 0.3) is 0 Å². The molecule has 2 heterocycles. The van der Waals surface area contributed by atoms with Crippen LogP contribution in [0.15, 0.2) is 5.38 Å². The third-order valence-corrected chi connectivity index (χ3v) is 3.68. The first kappa shape index (κ1) is 10.9. The molecule has 0 aliphatic carbocycles. The molecule has 0 N–H and O–H groups in total. The lowest BCUT2D eigenvalue weighted by molar-refractivity contribution is 1.14. The standard InChI is InChI=1S/C10H8N4S2/c1-6-7(2)16-10(12-6)8(4-11)3-9-5-15-14-13-9/h3,5H,1-2H3. The van der Waals surface area contributed by atoms with Crippen molar-refractivity contribution in [2.75, 3.05) is 0 Å². The number of allylic oxidation sites excluding steroid dienone is 1. The summed E-state index contributed by atoms with van der Waals surface area (Å²) in [6, 6.07) is 2.14. The molecule has 6 heteroatoms. The molecule has 0 radical (unpaired) electrons. The van der Waals surface area contributed by atoms with Crippen LogP contribution in [0.4, 0.5) is 0 Å². The number of thiazole rings is 1. The summed E-state index contributed by atoms with van der Waals surface area (Å²) in [5.74, 6) is 0. The maximum atomic E-state index is 9.08. The fourth-order valence-corrected chi connectivity index (χ4v) is 2.40. The second kappa shape index (κ2) is 4.51. The highest BCUT2D eigenvalue weighted by Gasteiger charge is 2.09. The fraction of sp³-hybridized carbons (Fsp3) is 0.200. The van der Waals surface area contributed by atoms with E-state index < -0.39 is 0 Å². The van der Waals surface area contributed by atoms with Gasteiger partial charge in [-0.1, -0.05) is 4.49 Å². The highest BCUT2D eigenvalue weighted by atomic mass is 32.1. The number of hydrogen-bond donors (Lipinski definition) is 0. The van der Waals surface area contributed by atoms with Gasteiger partial charge in [-0.05, 0) is 31.5 Å². The third kappa shape index (κ3) is 2.15. The van der Waals surface area contributed by atoms with Crippen LogP contribution in [-0.4, -0.2) is 14.6 Å². The van der Waals surface area contributed by atoms with Crippen molar-refractivity contribution in [3.05, 3.63) is 26.7 Å². The normalized spacial score (nSPS) is 11.4. The zero-order valence-corrected chi connectivity index (χ0v) is 10.4. The minimum absolute atomic E-state index is 0.536. The van der Waals surface area contributed by atoms with Crippen molar-refractivity contribution in [2.24, 2.45) is 0 Å². The molecule has 2 aromatic rings. The number of nitriles is 1. The van der Waals surface area contributed by atoms with Crippen molar-refractivity contribution in [3.8, 4) is 6.07 Å². The molecule has 2 aromatic heterocycles. The molecule has 0 spiro atoms. The molecule has 0 saturated heterocycles. The largest absolute Gasteiger partial charge is 0.240 e. The van der Waals surface area contributed by atoms with Gasteiger partial charge in [0.1, 0.15) is 11.1 Å². The molecule has 16 heavy (non-hydrogen) atoms. The lowest BCUT2D eigenvalue weighted by Gasteiger charge is -1.89. The van der Waals surface area contributed by atoms with E-state index in [0.717, 1.165) is 15.6 Å². The molecule has 0 bridgehead atoms. The molecule has 0 saturated carbocycles. The summed E-state index contributed by atoms with van der Waals surface area (Å²) in [4.78, 5) is 5.48. The van der Waals surface area contributed by atoms with Crippen LogP contribution in [0.2, 0.25) is 0 Å². The lowest BCUT2D eigenvalue weighted by Crippen LogP contribution is -1.81. The second-order valence-electron chi connectivity index (χ2n) is 3.16. The van der Waals surface area contributed by atoms with Crippen molar-refractivity contribution in [2.45, 2.75) is 13.8 Å². The zero-order chi connectivity index (χ0) is 11.5. The van der Waals surface area contributed by atoms with Crippen molar-refractivity contribution < 1.29 is 0 Å². The predicted molar refractivity (Wildman–Crippen MR) is 65.0 cm³/mol. The molecule has 0 unspecified atom stereocenters. The number of rotatable bonds is 2. The fourth-order valence-electron chi connectivity index (χ4n) is 1.11. The average Bonchev–Trinajstić information content (AvgIpc) is 2.86. The van der Waals surface area contributed by atoms with Gasteiger partial charge in [-0.15, -0.1) is 16.4 Å². The average molecular weight is 248 g/mol. The first-order chi connectivity index (χ1) is 7.70. The Morgan fingerprint density at radius 2 is 2.31 bits per heavy atom. The van der Waals surface area contributed by atoms with Crippen LogP contribution in [0.1, 0.15) is 21.3 Å². The van der Waals surface area contributed by atoms with E-state index in [1.807, 2.05) is 13.8 Å². The summed E-state index contributed by atoms with van der Waals surface area (Å²) in [6.07, 6.45) is 1.71. The summed E-state index contributed by atoms with van der Waals surface area (Å²) in [6.45, 7) is 3.94. The minimum Gasteiger partial charge on any atom is -0.240 e. The maximum Gasteiger partial charge on any atom is 0.134 e. The van der Waals surface area contributed by atoms with E-state index in [1.54, 1.807) is 11.5 Å². The summed E-state index contributed by atoms with van der Waals surface area (Å²) in [7, 11) is 0. The Bertz CT molecular complexity index is 541. The molecular formula is C10H8N4S2. The first-order valence-corrected chi connectivity index (χ1v) is 6.19. The van der Waals surface area contributed by atoms with E-state index in [4.69, 9.17) is 5.26 Å². The molecule has 0 amide bonds. The first-order valence-electron chi connectivity index (χ1n) is 4.54. The van der Waals surface area contributed by atoms with E-state index in [1.165, 1.54) is 22.9 Å². The Morgan fingerprint density at radius 1 is 1.50 bits per heavy atom. The number of nitrogens with zero attached hydrogens (tertiary/aromatic N) is 4. The van der Waals surface area contributed by atoms with Crippen molar-refractivity contribution in [1.29, 1.82) is 5.26 Å². The topological polar surface area (TPSA) is 62.5 Å². The summed E-state index contributed by atoms with van der Waals surface area (Å²) in [5, 5.41) is 15.5. The Labute approximate surface area is 101 Å². The Morgan fingerprint density at radius 3 is 2.81 bits per heavy atom. The van der Waals surface area contributed by atoms with Crippen LogP contribution in [0, 0.1) is 25.2 Å². The summed E-state index contributed by atoms with van der Waals surface area (Å²) in [5.41, 5.74) is 2.21. The SMILES string of the molecule is Cc1nc(C(C#N)=Cc2csnn2)sc1C. The van der Waals surface area contributed by atoms with Gasteiger partial charge in [-0.25, -0.2) is 4.98 Å². The molecule has 0 aliphatic rings. The molecule has 0 aliphatic heterocycles. The van der Waals surface area contributed by atoms with Crippen LogP contribution in [0.3, 0.4) is 0 Å². The van der Waals surface area contributed by atoms with Crippen LogP contribution >= 0.6 is 22.9 Å². The molecule has 0 aromatic carbocycles. The smallest absolute Gasteiger partial charge is 0.134 e. The van der Waals surface area contributed by atoms with Gasteiger partial charge < -0.3 is 0 Å². The van der Waals surface area contributed by atoms with E-state index in [9.17, 15) is 0 Å². The Kier molecular flexibility index (Phi) is 3.08.